The highest BCUT2D eigenvalue weighted by atomic mass is 35.5. The van der Waals surface area contributed by atoms with Crippen molar-refractivity contribution in [1.29, 1.82) is 0 Å². The highest BCUT2D eigenvalue weighted by Gasteiger charge is 2.20. The van der Waals surface area contributed by atoms with Crippen LogP contribution in [0.1, 0.15) is 23.2 Å². The van der Waals surface area contributed by atoms with Gasteiger partial charge in [-0.2, -0.15) is 15.0 Å². The summed E-state index contributed by atoms with van der Waals surface area (Å²) >= 11 is 7.59. The fourth-order valence-electron chi connectivity index (χ4n) is 3.75. The number of aliphatic hydroxyl groups is 1. The summed E-state index contributed by atoms with van der Waals surface area (Å²) in [7, 11) is 0. The Morgan fingerprint density at radius 2 is 2.00 bits per heavy atom. The van der Waals surface area contributed by atoms with E-state index in [1.165, 1.54) is 11.3 Å². The second kappa shape index (κ2) is 11.7. The molecule has 0 saturated carbocycles. The van der Waals surface area contributed by atoms with Crippen molar-refractivity contribution >= 4 is 51.6 Å². The number of carbonyl (C=O) groups excluding carboxylic acids is 1. The molecule has 1 fully saturated rings. The van der Waals surface area contributed by atoms with Crippen LogP contribution in [0.3, 0.4) is 0 Å². The molecule has 0 unspecified atom stereocenters. The molecule has 1 amide bonds. The summed E-state index contributed by atoms with van der Waals surface area (Å²) in [4.78, 5) is 35.8. The molecule has 1 saturated heterocycles. The molecule has 10 nitrogen and oxygen atoms in total. The number of para-hydroxylation sites is 1. The molecule has 3 N–H and O–H groups in total. The van der Waals surface area contributed by atoms with Gasteiger partial charge in [0.15, 0.2) is 5.13 Å². The van der Waals surface area contributed by atoms with Gasteiger partial charge in [0.25, 0.3) is 0 Å². The Kier molecular flexibility index (Phi) is 8.45. The summed E-state index contributed by atoms with van der Waals surface area (Å²) < 4.78 is 0. The van der Waals surface area contributed by atoms with Crippen LogP contribution < -0.4 is 15.5 Å². The molecule has 1 aliphatic rings. The number of hydrogen-bond acceptors (Lipinski definition) is 10. The van der Waals surface area contributed by atoms with Gasteiger partial charge >= 0.3 is 0 Å². The van der Waals surface area contributed by atoms with Gasteiger partial charge in [-0.05, 0) is 18.6 Å². The van der Waals surface area contributed by atoms with E-state index in [4.69, 9.17) is 16.7 Å². The van der Waals surface area contributed by atoms with Gasteiger partial charge in [0.1, 0.15) is 5.82 Å². The van der Waals surface area contributed by atoms with Gasteiger partial charge in [0.2, 0.25) is 17.8 Å². The van der Waals surface area contributed by atoms with Crippen molar-refractivity contribution in [3.8, 4) is 0 Å². The summed E-state index contributed by atoms with van der Waals surface area (Å²) in [6.07, 6.45) is 2.54. The molecule has 12 heteroatoms. The topological polar surface area (TPSA) is 119 Å². The van der Waals surface area contributed by atoms with Crippen LogP contribution in [0, 0.1) is 6.92 Å². The molecule has 4 rings (SSSR count). The standard InChI is InChI=1S/C23H29ClN8O2S/c1-3-18-26-21(29-22(27-18)32-9-7-31(8-10-32)11-12-33)30-23-25-14-16(35-23)13-19(34)28-20-15(2)5-4-6-17(20)24/h4-6,14,33H,3,7-13H2,1-2H3,(H,28,34)(H,25,26,27,29,30). The van der Waals surface area contributed by atoms with Gasteiger partial charge in [0.05, 0.1) is 23.7 Å². The quantitative estimate of drug-likeness (QED) is 0.394. The zero-order valence-electron chi connectivity index (χ0n) is 19.8. The van der Waals surface area contributed by atoms with Crippen molar-refractivity contribution in [2.75, 3.05) is 54.9 Å². The number of anilines is 4. The van der Waals surface area contributed by atoms with Crippen molar-refractivity contribution in [3.05, 3.63) is 45.7 Å². The van der Waals surface area contributed by atoms with E-state index in [2.05, 4.69) is 40.4 Å². The highest BCUT2D eigenvalue weighted by molar-refractivity contribution is 7.15. The maximum atomic E-state index is 12.6. The van der Waals surface area contributed by atoms with Crippen LogP contribution in [-0.4, -0.2) is 75.2 Å². The minimum atomic E-state index is -0.160. The van der Waals surface area contributed by atoms with Gasteiger partial charge < -0.3 is 15.3 Å². The van der Waals surface area contributed by atoms with Crippen molar-refractivity contribution in [3.63, 3.8) is 0 Å². The van der Waals surface area contributed by atoms with E-state index in [1.807, 2.05) is 26.0 Å². The molecule has 1 aliphatic heterocycles. The molecule has 0 atom stereocenters. The second-order valence-corrected chi connectivity index (χ2v) is 9.72. The van der Waals surface area contributed by atoms with E-state index in [1.54, 1.807) is 12.3 Å². The average Bonchev–Trinajstić information content (AvgIpc) is 3.28. The molecule has 3 aromatic rings. The Labute approximate surface area is 213 Å². The molecule has 1 aromatic carbocycles. The third-order valence-corrected chi connectivity index (χ3v) is 6.88. The lowest BCUT2D eigenvalue weighted by Crippen LogP contribution is -2.47. The molecule has 3 heterocycles. The number of amides is 1. The first kappa shape index (κ1) is 25.2. The van der Waals surface area contributed by atoms with Gasteiger partial charge in [-0.15, -0.1) is 11.3 Å². The van der Waals surface area contributed by atoms with Crippen LogP contribution in [-0.2, 0) is 17.6 Å². The number of thiazole rings is 1. The number of piperazine rings is 1. The van der Waals surface area contributed by atoms with Gasteiger partial charge in [-0.3, -0.25) is 15.0 Å². The molecule has 0 spiro atoms. The molecule has 0 bridgehead atoms. The summed E-state index contributed by atoms with van der Waals surface area (Å²) in [5.41, 5.74) is 1.54. The predicted molar refractivity (Wildman–Crippen MR) is 139 cm³/mol. The Morgan fingerprint density at radius 1 is 1.20 bits per heavy atom. The van der Waals surface area contributed by atoms with Crippen molar-refractivity contribution in [1.82, 2.24) is 24.8 Å². The lowest BCUT2D eigenvalue weighted by molar-refractivity contribution is -0.115. The second-order valence-electron chi connectivity index (χ2n) is 8.19. The van der Waals surface area contributed by atoms with Crippen molar-refractivity contribution in [2.45, 2.75) is 26.7 Å². The van der Waals surface area contributed by atoms with Crippen LogP contribution in [0.15, 0.2) is 24.4 Å². The monoisotopic (exact) mass is 516 g/mol. The summed E-state index contributed by atoms with van der Waals surface area (Å²) in [6.45, 7) is 8.02. The number of β-amino-alcohol motifs (C(OH)–C–C–N with tert-alkyl or cyclic N) is 1. The zero-order valence-corrected chi connectivity index (χ0v) is 21.4. The molecule has 186 valence electrons. The van der Waals surface area contributed by atoms with Crippen LogP contribution in [0.2, 0.25) is 5.02 Å². The Hall–Kier alpha value is -2.86. The van der Waals surface area contributed by atoms with E-state index in [0.29, 0.717) is 46.5 Å². The predicted octanol–water partition coefficient (Wildman–Crippen LogP) is 2.89. The van der Waals surface area contributed by atoms with Gasteiger partial charge in [-0.25, -0.2) is 4.98 Å². The number of aryl methyl sites for hydroxylation is 2. The number of benzene rings is 1. The molecule has 2 aromatic heterocycles. The molecular weight excluding hydrogens is 488 g/mol. The van der Waals surface area contributed by atoms with E-state index in [-0.39, 0.29) is 18.9 Å². The largest absolute Gasteiger partial charge is 0.395 e. The molecule has 0 radical (unpaired) electrons. The number of aromatic nitrogens is 4. The Balaban J connectivity index is 1.40. The molecule has 35 heavy (non-hydrogen) atoms. The molecule has 0 aliphatic carbocycles. The van der Waals surface area contributed by atoms with Crippen LogP contribution in [0.5, 0.6) is 0 Å². The van der Waals surface area contributed by atoms with Crippen molar-refractivity contribution in [2.24, 2.45) is 0 Å². The first-order valence-corrected chi connectivity index (χ1v) is 12.7. The van der Waals surface area contributed by atoms with Gasteiger partial charge in [-0.1, -0.05) is 30.7 Å². The van der Waals surface area contributed by atoms with Gasteiger partial charge in [0, 0.05) is 50.2 Å². The van der Waals surface area contributed by atoms with Crippen molar-refractivity contribution < 1.29 is 9.90 Å². The number of rotatable bonds is 9. The number of halogens is 1. The van der Waals surface area contributed by atoms with Crippen LogP contribution >= 0.6 is 22.9 Å². The number of hydrogen-bond donors (Lipinski definition) is 3. The maximum absolute atomic E-state index is 12.6. The number of carbonyl (C=O) groups is 1. The first-order valence-electron chi connectivity index (χ1n) is 11.5. The number of aliphatic hydroxyl groups excluding tert-OH is 1. The third kappa shape index (κ3) is 6.63. The normalized spacial score (nSPS) is 14.2. The van der Waals surface area contributed by atoms with Crippen LogP contribution in [0.25, 0.3) is 0 Å². The Morgan fingerprint density at radius 3 is 2.71 bits per heavy atom. The zero-order chi connectivity index (χ0) is 24.8. The van der Waals surface area contributed by atoms with E-state index >= 15 is 0 Å². The minimum Gasteiger partial charge on any atom is -0.395 e. The van der Waals surface area contributed by atoms with E-state index < -0.39 is 0 Å². The lowest BCUT2D eigenvalue weighted by Gasteiger charge is -2.34. The minimum absolute atomic E-state index is 0.160. The summed E-state index contributed by atoms with van der Waals surface area (Å²) in [5.74, 6) is 1.60. The summed E-state index contributed by atoms with van der Waals surface area (Å²) in [6, 6.07) is 5.50. The first-order chi connectivity index (χ1) is 16.9. The maximum Gasteiger partial charge on any atom is 0.234 e. The van der Waals surface area contributed by atoms with Crippen LogP contribution in [0.4, 0.5) is 22.7 Å². The highest BCUT2D eigenvalue weighted by Crippen LogP contribution is 2.27. The number of nitrogens with zero attached hydrogens (tertiary/aromatic N) is 6. The summed E-state index contributed by atoms with van der Waals surface area (Å²) in [5, 5.41) is 16.3. The lowest BCUT2D eigenvalue weighted by atomic mass is 10.2. The van der Waals surface area contributed by atoms with E-state index in [0.717, 1.165) is 36.6 Å². The average molecular weight is 517 g/mol. The Bertz CT molecular complexity index is 1150. The SMILES string of the molecule is CCc1nc(Nc2ncc(CC(=O)Nc3c(C)cccc3Cl)s2)nc(N2CCN(CCO)CC2)n1. The number of nitrogens with one attached hydrogen (secondary N) is 2. The van der Waals surface area contributed by atoms with E-state index in [9.17, 15) is 4.79 Å². The third-order valence-electron chi connectivity index (χ3n) is 5.65. The fourth-order valence-corrected chi connectivity index (χ4v) is 4.82. The molecular formula is C23H29ClN8O2S. The smallest absolute Gasteiger partial charge is 0.234 e. The fraction of sp³-hybridized carbons (Fsp3) is 0.435.